The highest BCUT2D eigenvalue weighted by molar-refractivity contribution is 8.18. The van der Waals surface area contributed by atoms with Gasteiger partial charge >= 0.3 is 5.97 Å². The first kappa shape index (κ1) is 19.2. The maximum Gasteiger partial charge on any atom is 0.337 e. The van der Waals surface area contributed by atoms with Gasteiger partial charge in [-0.3, -0.25) is 19.3 Å². The van der Waals surface area contributed by atoms with Gasteiger partial charge < -0.3 is 15.5 Å². The zero-order valence-corrected chi connectivity index (χ0v) is 15.1. The number of carbonyl (C=O) groups is 4. The molecule has 2 aromatic rings. The Kier molecular flexibility index (Phi) is 5.46. The van der Waals surface area contributed by atoms with Crippen molar-refractivity contribution < 1.29 is 29.4 Å². The molecule has 1 aliphatic heterocycles. The minimum atomic E-state index is -1.34. The van der Waals surface area contributed by atoms with Crippen LogP contribution in [0.1, 0.15) is 15.9 Å². The van der Waals surface area contributed by atoms with Crippen LogP contribution in [0.2, 0.25) is 0 Å². The normalized spacial score (nSPS) is 15.1. The topological polar surface area (TPSA) is 124 Å². The lowest BCUT2D eigenvalue weighted by atomic mass is 10.1. The summed E-state index contributed by atoms with van der Waals surface area (Å²) in [4.78, 5) is 49.0. The van der Waals surface area contributed by atoms with Crippen LogP contribution in [0.5, 0.6) is 5.75 Å². The second-order valence-corrected chi connectivity index (χ2v) is 6.75. The highest BCUT2D eigenvalue weighted by atomic mass is 32.2. The number of nitrogens with one attached hydrogen (secondary N) is 1. The Morgan fingerprint density at radius 2 is 1.82 bits per heavy atom. The van der Waals surface area contributed by atoms with E-state index in [-0.39, 0.29) is 21.9 Å². The molecular weight excluding hydrogens is 384 g/mol. The molecule has 9 heteroatoms. The maximum atomic E-state index is 12.4. The average Bonchev–Trinajstić information content (AvgIpc) is 2.91. The van der Waals surface area contributed by atoms with E-state index in [1.807, 2.05) is 6.07 Å². The number of carboxylic acid groups (broad SMARTS) is 1. The third kappa shape index (κ3) is 4.21. The number of benzene rings is 2. The molecule has 0 aromatic heterocycles. The first-order valence-corrected chi connectivity index (χ1v) is 8.83. The van der Waals surface area contributed by atoms with Crippen LogP contribution in [0.25, 0.3) is 6.08 Å². The molecule has 0 aliphatic carbocycles. The van der Waals surface area contributed by atoms with Crippen LogP contribution >= 0.6 is 11.8 Å². The highest BCUT2D eigenvalue weighted by Gasteiger charge is 2.36. The molecule has 3 N–H and O–H groups in total. The highest BCUT2D eigenvalue weighted by Crippen LogP contribution is 2.32. The largest absolute Gasteiger partial charge is 0.508 e. The molecule has 0 spiro atoms. The number of amides is 3. The number of aromatic carboxylic acids is 1. The fraction of sp³-hybridized carbons (Fsp3) is 0.0526. The lowest BCUT2D eigenvalue weighted by molar-refractivity contribution is -0.127. The van der Waals surface area contributed by atoms with E-state index in [0.29, 0.717) is 0 Å². The molecular formula is C19H14N2O6S. The monoisotopic (exact) mass is 398 g/mol. The van der Waals surface area contributed by atoms with Gasteiger partial charge in [-0.2, -0.15) is 0 Å². The smallest absolute Gasteiger partial charge is 0.337 e. The quantitative estimate of drug-likeness (QED) is 0.522. The Morgan fingerprint density at radius 3 is 2.50 bits per heavy atom. The molecule has 3 amide bonds. The van der Waals surface area contributed by atoms with Crippen molar-refractivity contribution >= 4 is 46.5 Å². The van der Waals surface area contributed by atoms with Gasteiger partial charge in [0.05, 0.1) is 16.2 Å². The van der Waals surface area contributed by atoms with Crippen molar-refractivity contribution in [3.8, 4) is 5.75 Å². The second-order valence-electron chi connectivity index (χ2n) is 5.76. The Bertz CT molecular complexity index is 1000. The summed E-state index contributed by atoms with van der Waals surface area (Å²) < 4.78 is 0. The molecule has 1 aliphatic rings. The minimum absolute atomic E-state index is 0.0536. The van der Waals surface area contributed by atoms with Crippen molar-refractivity contribution in [2.75, 3.05) is 11.9 Å². The van der Waals surface area contributed by atoms with Gasteiger partial charge in [0, 0.05) is 0 Å². The summed E-state index contributed by atoms with van der Waals surface area (Å²) in [5, 5.41) is 20.3. The van der Waals surface area contributed by atoms with Gasteiger partial charge in [-0.05, 0) is 41.6 Å². The van der Waals surface area contributed by atoms with Crippen LogP contribution < -0.4 is 5.32 Å². The average molecular weight is 398 g/mol. The number of carboxylic acids is 1. The fourth-order valence-corrected chi connectivity index (χ4v) is 3.33. The summed E-state index contributed by atoms with van der Waals surface area (Å²) >= 11 is 0.726. The van der Waals surface area contributed by atoms with Crippen molar-refractivity contribution in [1.82, 2.24) is 4.90 Å². The third-order valence-corrected chi connectivity index (χ3v) is 4.69. The van der Waals surface area contributed by atoms with Gasteiger partial charge in [0.15, 0.2) is 0 Å². The molecule has 0 radical (unpaired) electrons. The number of thioether (sulfide) groups is 1. The standard InChI is InChI=1S/C19H14N2O6S/c22-12-6-7-14(13(9-12)18(25)26)20-16(23)10-21-17(24)15(28-19(21)27)8-11-4-2-1-3-5-11/h1-9,22H,10H2,(H,20,23)(H,25,26). The zero-order valence-electron chi connectivity index (χ0n) is 14.3. The van der Waals surface area contributed by atoms with Crippen LogP contribution in [0.15, 0.2) is 53.4 Å². The summed E-state index contributed by atoms with van der Waals surface area (Å²) in [6.07, 6.45) is 1.56. The van der Waals surface area contributed by atoms with Gasteiger partial charge in [-0.25, -0.2) is 4.79 Å². The Hall–Kier alpha value is -3.59. The summed E-state index contributed by atoms with van der Waals surface area (Å²) in [7, 11) is 0. The SMILES string of the molecule is O=C(CN1C(=O)SC(=Cc2ccccc2)C1=O)Nc1ccc(O)cc1C(=O)O. The van der Waals surface area contributed by atoms with Crippen LogP contribution in [0.4, 0.5) is 10.5 Å². The predicted molar refractivity (Wildman–Crippen MR) is 103 cm³/mol. The molecule has 0 atom stereocenters. The van der Waals surface area contributed by atoms with E-state index in [0.717, 1.165) is 28.3 Å². The number of carbonyl (C=O) groups excluding carboxylic acids is 3. The van der Waals surface area contributed by atoms with Crippen molar-refractivity contribution in [2.24, 2.45) is 0 Å². The predicted octanol–water partition coefficient (Wildman–Crippen LogP) is 2.77. The number of hydrogen-bond donors (Lipinski definition) is 3. The lowest BCUT2D eigenvalue weighted by Gasteiger charge is -2.13. The second kappa shape index (κ2) is 7.97. The van der Waals surface area contributed by atoms with Crippen LogP contribution in [0, 0.1) is 0 Å². The molecule has 28 heavy (non-hydrogen) atoms. The molecule has 1 heterocycles. The summed E-state index contributed by atoms with van der Waals surface area (Å²) in [6, 6.07) is 12.4. The van der Waals surface area contributed by atoms with E-state index in [4.69, 9.17) is 5.11 Å². The minimum Gasteiger partial charge on any atom is -0.508 e. The van der Waals surface area contributed by atoms with Gasteiger partial charge in [0.1, 0.15) is 12.3 Å². The van der Waals surface area contributed by atoms with Gasteiger partial charge in [-0.1, -0.05) is 30.3 Å². The van der Waals surface area contributed by atoms with Crippen LogP contribution in [-0.4, -0.2) is 44.7 Å². The molecule has 2 aromatic carbocycles. The molecule has 0 bridgehead atoms. The third-order valence-electron chi connectivity index (χ3n) is 3.78. The molecule has 142 valence electrons. The number of aromatic hydroxyl groups is 1. The Labute approximate surface area is 163 Å². The van der Waals surface area contributed by atoms with Crippen molar-refractivity contribution in [1.29, 1.82) is 0 Å². The lowest BCUT2D eigenvalue weighted by Crippen LogP contribution is -2.36. The number of rotatable bonds is 5. The van der Waals surface area contributed by atoms with E-state index in [1.165, 1.54) is 12.1 Å². The fourth-order valence-electron chi connectivity index (χ4n) is 2.49. The Morgan fingerprint density at radius 1 is 1.11 bits per heavy atom. The maximum absolute atomic E-state index is 12.4. The van der Waals surface area contributed by atoms with Crippen LogP contribution in [-0.2, 0) is 9.59 Å². The van der Waals surface area contributed by atoms with E-state index in [9.17, 15) is 24.3 Å². The summed E-state index contributed by atoms with van der Waals surface area (Å²) in [6.45, 7) is -0.559. The van der Waals surface area contributed by atoms with E-state index in [1.54, 1.807) is 30.3 Å². The first-order valence-electron chi connectivity index (χ1n) is 8.02. The number of imide groups is 1. The van der Waals surface area contributed by atoms with E-state index < -0.39 is 29.6 Å². The van der Waals surface area contributed by atoms with E-state index >= 15 is 0 Å². The van der Waals surface area contributed by atoms with Gasteiger partial charge in [0.25, 0.3) is 11.1 Å². The number of hydrogen-bond acceptors (Lipinski definition) is 6. The van der Waals surface area contributed by atoms with E-state index in [2.05, 4.69) is 5.32 Å². The van der Waals surface area contributed by atoms with Gasteiger partial charge in [0.2, 0.25) is 5.91 Å². The number of nitrogens with zero attached hydrogens (tertiary/aromatic N) is 1. The number of phenolic OH excluding ortho intramolecular Hbond substituents is 1. The molecule has 0 saturated carbocycles. The molecule has 0 unspecified atom stereocenters. The molecule has 1 fully saturated rings. The molecule has 3 rings (SSSR count). The summed E-state index contributed by atoms with van der Waals surface area (Å²) in [5.41, 5.74) is 0.376. The summed E-state index contributed by atoms with van der Waals surface area (Å²) in [5.74, 6) is -2.95. The van der Waals surface area contributed by atoms with Crippen molar-refractivity contribution in [2.45, 2.75) is 0 Å². The zero-order chi connectivity index (χ0) is 20.3. The van der Waals surface area contributed by atoms with Crippen LogP contribution in [0.3, 0.4) is 0 Å². The van der Waals surface area contributed by atoms with Gasteiger partial charge in [-0.15, -0.1) is 0 Å². The Balaban J connectivity index is 1.73. The van der Waals surface area contributed by atoms with Crippen molar-refractivity contribution in [3.05, 3.63) is 64.6 Å². The van der Waals surface area contributed by atoms with Crippen molar-refractivity contribution in [3.63, 3.8) is 0 Å². The molecule has 1 saturated heterocycles. The molecule has 8 nitrogen and oxygen atoms in total. The first-order chi connectivity index (χ1) is 13.3. The number of phenols is 1. The number of anilines is 1.